The number of allylic oxidation sites excluding steroid dienone is 1. The van der Waals surface area contributed by atoms with Crippen molar-refractivity contribution in [1.29, 1.82) is 0 Å². The van der Waals surface area contributed by atoms with Crippen molar-refractivity contribution in [3.8, 4) is 0 Å². The van der Waals surface area contributed by atoms with Gasteiger partial charge in [-0.3, -0.25) is 4.98 Å². The second kappa shape index (κ2) is 10.7. The summed E-state index contributed by atoms with van der Waals surface area (Å²) in [7, 11) is 2.12. The maximum atomic E-state index is 4.99. The molecule has 3 aromatic carbocycles. The summed E-state index contributed by atoms with van der Waals surface area (Å²) < 4.78 is 0. The van der Waals surface area contributed by atoms with Crippen LogP contribution in [0.15, 0.2) is 115 Å². The molecule has 5 rings (SSSR count). The molecule has 0 unspecified atom stereocenters. The number of benzene rings is 3. The van der Waals surface area contributed by atoms with Crippen molar-refractivity contribution < 1.29 is 0 Å². The number of pyridine rings is 1. The summed E-state index contributed by atoms with van der Waals surface area (Å²) in [6.07, 6.45) is 4.13. The maximum Gasteiger partial charge on any atom is 0.0941 e. The summed E-state index contributed by atoms with van der Waals surface area (Å²) in [4.78, 5) is 11.9. The summed E-state index contributed by atoms with van der Waals surface area (Å²) >= 11 is 0. The van der Waals surface area contributed by atoms with E-state index in [1.54, 1.807) is 0 Å². The Bertz CT molecular complexity index is 1500. The number of para-hydroxylation sites is 1. The van der Waals surface area contributed by atoms with Crippen molar-refractivity contribution in [2.45, 2.75) is 53.9 Å². The van der Waals surface area contributed by atoms with Gasteiger partial charge in [-0.05, 0) is 77.9 Å². The van der Waals surface area contributed by atoms with Gasteiger partial charge in [-0.25, -0.2) is 0 Å². The molecule has 0 N–H and O–H groups in total. The van der Waals surface area contributed by atoms with Gasteiger partial charge in [0, 0.05) is 53.3 Å². The van der Waals surface area contributed by atoms with Crippen LogP contribution in [0.1, 0.15) is 59.7 Å². The van der Waals surface area contributed by atoms with Gasteiger partial charge in [0.25, 0.3) is 0 Å². The lowest BCUT2D eigenvalue weighted by molar-refractivity contribution is 0.0866. The lowest BCUT2D eigenvalue weighted by Crippen LogP contribution is -2.51. The summed E-state index contributed by atoms with van der Waals surface area (Å²) in [5, 5.41) is 0. The van der Waals surface area contributed by atoms with Gasteiger partial charge in [-0.15, -0.1) is 0 Å². The highest BCUT2D eigenvalue weighted by molar-refractivity contribution is 5.79. The molecule has 0 fully saturated rings. The average molecular weight is 545 g/mol. The van der Waals surface area contributed by atoms with E-state index in [0.717, 1.165) is 29.4 Å². The van der Waals surface area contributed by atoms with Crippen LogP contribution in [0.5, 0.6) is 0 Å². The topological polar surface area (TPSA) is 22.6 Å². The molecule has 0 spiro atoms. The minimum atomic E-state index is -0.344. The Balaban J connectivity index is 1.71. The van der Waals surface area contributed by atoms with E-state index < -0.39 is 0 Å². The third-order valence-electron chi connectivity index (χ3n) is 8.45. The SMILES string of the molecule is CC1=CN(C)CN1c1cccc(N(c2ccccc2)c2cccc(C(c3ccccn3)(C(C)(C)C)C(C)(C)C)c2)c1. The van der Waals surface area contributed by atoms with E-state index in [2.05, 4.69) is 167 Å². The lowest BCUT2D eigenvalue weighted by Gasteiger charge is -2.54. The van der Waals surface area contributed by atoms with Crippen LogP contribution in [-0.4, -0.2) is 23.6 Å². The monoisotopic (exact) mass is 544 g/mol. The van der Waals surface area contributed by atoms with Gasteiger partial charge < -0.3 is 14.7 Å². The average Bonchev–Trinajstić information content (AvgIpc) is 3.27. The summed E-state index contributed by atoms with van der Waals surface area (Å²) in [6, 6.07) is 35.0. The molecule has 0 radical (unpaired) electrons. The van der Waals surface area contributed by atoms with E-state index in [9.17, 15) is 0 Å². The molecule has 0 saturated heterocycles. The Kier molecular flexibility index (Phi) is 7.46. The number of rotatable bonds is 6. The molecule has 0 bridgehead atoms. The first-order valence-corrected chi connectivity index (χ1v) is 14.6. The third kappa shape index (κ3) is 5.12. The molecule has 41 heavy (non-hydrogen) atoms. The zero-order chi connectivity index (χ0) is 29.4. The Labute approximate surface area is 247 Å². The molecule has 1 aromatic heterocycles. The second-order valence-electron chi connectivity index (χ2n) is 13.3. The maximum absolute atomic E-state index is 4.99. The number of hydrogen-bond acceptors (Lipinski definition) is 4. The minimum Gasteiger partial charge on any atom is -0.361 e. The summed E-state index contributed by atoms with van der Waals surface area (Å²) in [6.45, 7) is 17.1. The zero-order valence-electron chi connectivity index (χ0n) is 25.9. The van der Waals surface area contributed by atoms with Gasteiger partial charge in [0.05, 0.1) is 12.4 Å². The van der Waals surface area contributed by atoms with Crippen molar-refractivity contribution in [1.82, 2.24) is 9.88 Å². The van der Waals surface area contributed by atoms with Crippen molar-refractivity contribution in [2.75, 3.05) is 23.5 Å². The van der Waals surface area contributed by atoms with Crippen LogP contribution in [0.2, 0.25) is 0 Å². The smallest absolute Gasteiger partial charge is 0.0941 e. The number of hydrogen-bond donors (Lipinski definition) is 0. The van der Waals surface area contributed by atoms with Crippen LogP contribution in [0.4, 0.5) is 22.7 Å². The van der Waals surface area contributed by atoms with Crippen molar-refractivity contribution >= 4 is 22.7 Å². The zero-order valence-corrected chi connectivity index (χ0v) is 25.9. The molecule has 4 heteroatoms. The fourth-order valence-corrected chi connectivity index (χ4v) is 7.24. The van der Waals surface area contributed by atoms with Gasteiger partial charge in [0.1, 0.15) is 0 Å². The molecule has 1 aliphatic heterocycles. The van der Waals surface area contributed by atoms with E-state index in [-0.39, 0.29) is 16.2 Å². The van der Waals surface area contributed by atoms with Gasteiger partial charge >= 0.3 is 0 Å². The molecular weight excluding hydrogens is 500 g/mol. The predicted molar refractivity (Wildman–Crippen MR) is 174 cm³/mol. The van der Waals surface area contributed by atoms with E-state index in [4.69, 9.17) is 4.98 Å². The van der Waals surface area contributed by atoms with E-state index in [1.165, 1.54) is 16.9 Å². The number of aromatic nitrogens is 1. The Morgan fingerprint density at radius 2 is 1.29 bits per heavy atom. The fraction of sp³-hybridized carbons (Fsp3) is 0.324. The van der Waals surface area contributed by atoms with Crippen LogP contribution >= 0.6 is 0 Å². The van der Waals surface area contributed by atoms with Crippen molar-refractivity contribution in [3.05, 3.63) is 126 Å². The highest BCUT2D eigenvalue weighted by Crippen LogP contribution is 2.57. The molecule has 4 aromatic rings. The standard InChI is InChI=1S/C37H44N4/c1-28-26-39(8)27-40(28)31-19-15-21-33(25-31)41(30-17-10-9-11-18-30)32-20-14-16-29(24-32)37(35(2,3)4,36(5,6)7)34-22-12-13-23-38-34/h9-26H,27H2,1-8H3. The van der Waals surface area contributed by atoms with Gasteiger partial charge in [0.15, 0.2) is 0 Å². The molecule has 1 aliphatic rings. The normalized spacial score (nSPS) is 14.3. The van der Waals surface area contributed by atoms with Gasteiger partial charge in [0.2, 0.25) is 0 Å². The molecule has 0 atom stereocenters. The summed E-state index contributed by atoms with van der Waals surface area (Å²) in [5.41, 5.74) is 7.62. The Morgan fingerprint density at radius 3 is 1.88 bits per heavy atom. The molecule has 2 heterocycles. The van der Waals surface area contributed by atoms with E-state index in [1.807, 2.05) is 12.3 Å². The lowest BCUT2D eigenvalue weighted by atomic mass is 9.49. The van der Waals surface area contributed by atoms with Crippen LogP contribution < -0.4 is 9.80 Å². The molecule has 0 amide bonds. The second-order valence-corrected chi connectivity index (χ2v) is 13.3. The van der Waals surface area contributed by atoms with Gasteiger partial charge in [-0.1, -0.05) is 84.0 Å². The Morgan fingerprint density at radius 1 is 0.683 bits per heavy atom. The first-order chi connectivity index (χ1) is 19.4. The molecule has 4 nitrogen and oxygen atoms in total. The molecule has 212 valence electrons. The number of nitrogens with zero attached hydrogens (tertiary/aromatic N) is 4. The molecule has 0 aliphatic carbocycles. The van der Waals surface area contributed by atoms with E-state index in [0.29, 0.717) is 0 Å². The quantitative estimate of drug-likeness (QED) is 0.241. The van der Waals surface area contributed by atoms with Crippen molar-refractivity contribution in [2.24, 2.45) is 10.8 Å². The first kappa shape index (κ1) is 28.5. The van der Waals surface area contributed by atoms with Gasteiger partial charge in [-0.2, -0.15) is 0 Å². The fourth-order valence-electron chi connectivity index (χ4n) is 7.24. The predicted octanol–water partition coefficient (Wildman–Crippen LogP) is 9.50. The summed E-state index contributed by atoms with van der Waals surface area (Å²) in [5.74, 6) is 0. The number of anilines is 4. The van der Waals surface area contributed by atoms with Crippen molar-refractivity contribution in [3.63, 3.8) is 0 Å². The van der Waals surface area contributed by atoms with Crippen LogP contribution in [0, 0.1) is 10.8 Å². The Hall–Kier alpha value is -4.05. The molecular formula is C37H44N4. The third-order valence-corrected chi connectivity index (χ3v) is 8.45. The largest absolute Gasteiger partial charge is 0.361 e. The minimum absolute atomic E-state index is 0.110. The highest BCUT2D eigenvalue weighted by atomic mass is 15.3. The van der Waals surface area contributed by atoms with Crippen LogP contribution in [0.3, 0.4) is 0 Å². The van der Waals surface area contributed by atoms with Crippen LogP contribution in [-0.2, 0) is 5.41 Å². The first-order valence-electron chi connectivity index (χ1n) is 14.6. The van der Waals surface area contributed by atoms with E-state index >= 15 is 0 Å². The molecule has 0 saturated carbocycles. The van der Waals surface area contributed by atoms with Crippen LogP contribution in [0.25, 0.3) is 0 Å². The highest BCUT2D eigenvalue weighted by Gasteiger charge is 2.54.